The Labute approximate surface area is 97.6 Å². The highest BCUT2D eigenvalue weighted by molar-refractivity contribution is 5.68. The maximum absolute atomic E-state index is 11.8. The van der Waals surface area contributed by atoms with Crippen molar-refractivity contribution < 1.29 is 14.6 Å². The van der Waals surface area contributed by atoms with E-state index >= 15 is 0 Å². The number of likely N-dealkylation sites (N-methyl/N-ethyl adjacent to an activating group) is 1. The lowest BCUT2D eigenvalue weighted by Crippen LogP contribution is -2.47. The molecule has 4 heteroatoms. The molecule has 0 saturated heterocycles. The van der Waals surface area contributed by atoms with Crippen LogP contribution in [0.1, 0.15) is 46.5 Å². The quantitative estimate of drug-likeness (QED) is 0.749. The number of aliphatic hydroxyl groups excluding tert-OH is 1. The number of amides is 1. The number of nitrogens with zero attached hydrogens (tertiary/aromatic N) is 1. The van der Waals surface area contributed by atoms with Crippen molar-refractivity contribution in [3.8, 4) is 0 Å². The molecule has 0 aromatic heterocycles. The Morgan fingerprint density at radius 3 is 2.38 bits per heavy atom. The minimum atomic E-state index is -0.481. The van der Waals surface area contributed by atoms with Crippen molar-refractivity contribution in [2.24, 2.45) is 0 Å². The van der Waals surface area contributed by atoms with E-state index in [1.165, 1.54) is 4.90 Å². The van der Waals surface area contributed by atoms with Gasteiger partial charge in [0.2, 0.25) is 0 Å². The SMILES string of the molecule is CN(C(=O)OC(C)(C)C)[C@@H]1CCCC[C@@H]1O. The molecule has 0 unspecified atom stereocenters. The molecule has 1 aliphatic rings. The second kappa shape index (κ2) is 5.04. The molecule has 1 N–H and O–H groups in total. The first-order chi connectivity index (χ1) is 7.31. The van der Waals surface area contributed by atoms with E-state index in [1.54, 1.807) is 7.05 Å². The smallest absolute Gasteiger partial charge is 0.410 e. The first kappa shape index (κ1) is 13.3. The maximum Gasteiger partial charge on any atom is 0.410 e. The molecule has 1 rings (SSSR count). The van der Waals surface area contributed by atoms with Gasteiger partial charge in [-0.3, -0.25) is 0 Å². The molecule has 0 bridgehead atoms. The van der Waals surface area contributed by atoms with Crippen LogP contribution in [0.2, 0.25) is 0 Å². The van der Waals surface area contributed by atoms with Crippen LogP contribution in [0.3, 0.4) is 0 Å². The number of carbonyl (C=O) groups excluding carboxylic acids is 1. The highest BCUT2D eigenvalue weighted by atomic mass is 16.6. The summed E-state index contributed by atoms with van der Waals surface area (Å²) in [6, 6.07) is -0.0939. The van der Waals surface area contributed by atoms with Gasteiger partial charge in [-0.1, -0.05) is 12.8 Å². The van der Waals surface area contributed by atoms with Crippen molar-refractivity contribution in [3.63, 3.8) is 0 Å². The van der Waals surface area contributed by atoms with E-state index in [0.717, 1.165) is 25.7 Å². The van der Waals surface area contributed by atoms with Crippen LogP contribution in [0.25, 0.3) is 0 Å². The summed E-state index contributed by atoms with van der Waals surface area (Å²) in [7, 11) is 1.70. The molecule has 0 radical (unpaired) electrons. The van der Waals surface area contributed by atoms with Crippen LogP contribution in [0, 0.1) is 0 Å². The molecule has 16 heavy (non-hydrogen) atoms. The fraction of sp³-hybridized carbons (Fsp3) is 0.917. The third-order valence-corrected chi connectivity index (χ3v) is 2.87. The first-order valence-corrected chi connectivity index (χ1v) is 5.95. The van der Waals surface area contributed by atoms with Gasteiger partial charge in [-0.05, 0) is 33.6 Å². The van der Waals surface area contributed by atoms with Crippen molar-refractivity contribution in [1.29, 1.82) is 0 Å². The molecule has 1 fully saturated rings. The zero-order valence-corrected chi connectivity index (χ0v) is 10.7. The molecule has 0 heterocycles. The second-order valence-corrected chi connectivity index (χ2v) is 5.51. The molecule has 1 saturated carbocycles. The van der Waals surface area contributed by atoms with Crippen molar-refractivity contribution in [1.82, 2.24) is 4.90 Å². The van der Waals surface area contributed by atoms with E-state index in [0.29, 0.717) is 0 Å². The lowest BCUT2D eigenvalue weighted by molar-refractivity contribution is -0.00835. The largest absolute Gasteiger partial charge is 0.444 e. The topological polar surface area (TPSA) is 49.8 Å². The van der Waals surface area contributed by atoms with Crippen molar-refractivity contribution in [2.45, 2.75) is 64.2 Å². The number of carbonyl (C=O) groups is 1. The van der Waals surface area contributed by atoms with E-state index in [4.69, 9.17) is 4.74 Å². The molecule has 94 valence electrons. The molecular formula is C12H23NO3. The van der Waals surface area contributed by atoms with Crippen molar-refractivity contribution in [3.05, 3.63) is 0 Å². The van der Waals surface area contributed by atoms with Crippen LogP contribution >= 0.6 is 0 Å². The van der Waals surface area contributed by atoms with E-state index in [1.807, 2.05) is 20.8 Å². The Kier molecular flexibility index (Phi) is 4.19. The molecule has 1 amide bonds. The Morgan fingerprint density at radius 2 is 1.88 bits per heavy atom. The predicted molar refractivity (Wildman–Crippen MR) is 62.3 cm³/mol. The minimum absolute atomic E-state index is 0.0939. The third kappa shape index (κ3) is 3.67. The molecule has 0 aliphatic heterocycles. The Morgan fingerprint density at radius 1 is 1.31 bits per heavy atom. The lowest BCUT2D eigenvalue weighted by atomic mass is 9.92. The fourth-order valence-electron chi connectivity index (χ4n) is 2.01. The van der Waals surface area contributed by atoms with Crippen LogP contribution in [0.4, 0.5) is 4.79 Å². The molecule has 0 aromatic carbocycles. The predicted octanol–water partition coefficient (Wildman–Crippen LogP) is 2.16. The van der Waals surface area contributed by atoms with Gasteiger partial charge >= 0.3 is 6.09 Å². The van der Waals surface area contributed by atoms with Gasteiger partial charge in [-0.2, -0.15) is 0 Å². The van der Waals surface area contributed by atoms with E-state index in [9.17, 15) is 9.90 Å². The summed E-state index contributed by atoms with van der Waals surface area (Å²) in [6.45, 7) is 5.53. The van der Waals surface area contributed by atoms with E-state index in [-0.39, 0.29) is 12.1 Å². The zero-order valence-electron chi connectivity index (χ0n) is 10.7. The van der Waals surface area contributed by atoms with Gasteiger partial charge in [-0.25, -0.2) is 4.79 Å². The first-order valence-electron chi connectivity index (χ1n) is 5.95. The standard InChI is InChI=1S/C12H23NO3/c1-12(2,3)16-11(15)13(4)9-7-5-6-8-10(9)14/h9-10,14H,5-8H2,1-4H3/t9-,10+/m1/s1. The van der Waals surface area contributed by atoms with Gasteiger partial charge < -0.3 is 14.7 Å². The molecule has 0 spiro atoms. The number of hydrogen-bond acceptors (Lipinski definition) is 3. The number of hydrogen-bond donors (Lipinski definition) is 1. The zero-order chi connectivity index (χ0) is 12.3. The molecule has 2 atom stereocenters. The minimum Gasteiger partial charge on any atom is -0.444 e. The van der Waals surface area contributed by atoms with Crippen LogP contribution in [-0.2, 0) is 4.74 Å². The summed E-state index contributed by atoms with van der Waals surface area (Å²) in [6.07, 6.45) is 2.98. The second-order valence-electron chi connectivity index (χ2n) is 5.51. The number of aliphatic hydroxyl groups is 1. The monoisotopic (exact) mass is 229 g/mol. The third-order valence-electron chi connectivity index (χ3n) is 2.87. The lowest BCUT2D eigenvalue weighted by Gasteiger charge is -2.36. The molecule has 0 aromatic rings. The Balaban J connectivity index is 2.55. The highest BCUT2D eigenvalue weighted by Crippen LogP contribution is 2.23. The summed E-state index contributed by atoms with van der Waals surface area (Å²) in [5.74, 6) is 0. The average molecular weight is 229 g/mol. The molecular weight excluding hydrogens is 206 g/mol. The van der Waals surface area contributed by atoms with E-state index < -0.39 is 11.7 Å². The van der Waals surface area contributed by atoms with E-state index in [2.05, 4.69) is 0 Å². The summed E-state index contributed by atoms with van der Waals surface area (Å²) in [5, 5.41) is 9.84. The van der Waals surface area contributed by atoms with Gasteiger partial charge in [0.05, 0.1) is 12.1 Å². The number of rotatable bonds is 1. The Bertz CT molecular complexity index is 247. The maximum atomic E-state index is 11.8. The van der Waals surface area contributed by atoms with Crippen molar-refractivity contribution in [2.75, 3.05) is 7.05 Å². The van der Waals surface area contributed by atoms with Crippen LogP contribution in [0.15, 0.2) is 0 Å². The Hall–Kier alpha value is -0.770. The molecule has 1 aliphatic carbocycles. The summed E-state index contributed by atoms with van der Waals surface area (Å²) in [4.78, 5) is 13.3. The van der Waals surface area contributed by atoms with Gasteiger partial charge in [0.25, 0.3) is 0 Å². The van der Waals surface area contributed by atoms with Crippen LogP contribution < -0.4 is 0 Å². The summed E-state index contributed by atoms with van der Waals surface area (Å²) in [5.41, 5.74) is -0.481. The normalized spacial score (nSPS) is 26.3. The van der Waals surface area contributed by atoms with Crippen LogP contribution in [0.5, 0.6) is 0 Å². The summed E-state index contributed by atoms with van der Waals surface area (Å²) >= 11 is 0. The summed E-state index contributed by atoms with van der Waals surface area (Å²) < 4.78 is 5.28. The average Bonchev–Trinajstić information content (AvgIpc) is 2.15. The fourth-order valence-corrected chi connectivity index (χ4v) is 2.01. The number of ether oxygens (including phenoxy) is 1. The van der Waals surface area contributed by atoms with Gasteiger partial charge in [-0.15, -0.1) is 0 Å². The van der Waals surface area contributed by atoms with Gasteiger partial charge in [0.15, 0.2) is 0 Å². The molecule has 4 nitrogen and oxygen atoms in total. The van der Waals surface area contributed by atoms with Gasteiger partial charge in [0, 0.05) is 7.05 Å². The van der Waals surface area contributed by atoms with Gasteiger partial charge in [0.1, 0.15) is 5.60 Å². The highest BCUT2D eigenvalue weighted by Gasteiger charge is 2.31. The van der Waals surface area contributed by atoms with Crippen LogP contribution in [-0.4, -0.2) is 40.9 Å². The van der Waals surface area contributed by atoms with Crippen molar-refractivity contribution >= 4 is 6.09 Å².